The van der Waals surface area contributed by atoms with E-state index in [-0.39, 0.29) is 23.6 Å². The average Bonchev–Trinajstić information content (AvgIpc) is 3.06. The molecular formula is C25H28N4O5. The zero-order chi connectivity index (χ0) is 24.8. The van der Waals surface area contributed by atoms with Crippen LogP contribution in [0, 0.1) is 21.4 Å². The second-order valence-corrected chi connectivity index (χ2v) is 9.86. The third-order valence-corrected chi connectivity index (χ3v) is 6.72. The van der Waals surface area contributed by atoms with E-state index >= 15 is 0 Å². The number of anilines is 1. The molecule has 9 heteroatoms. The largest absolute Gasteiger partial charge is 0.381 e. The van der Waals surface area contributed by atoms with E-state index in [4.69, 9.17) is 0 Å². The summed E-state index contributed by atoms with van der Waals surface area (Å²) >= 11 is 0. The highest BCUT2D eigenvalue weighted by molar-refractivity contribution is 6.21. The number of imide groups is 1. The lowest BCUT2D eigenvalue weighted by Gasteiger charge is -2.43. The minimum absolute atomic E-state index is 0.0585. The minimum atomic E-state index is -0.686. The van der Waals surface area contributed by atoms with Gasteiger partial charge in [-0.05, 0) is 24.6 Å². The van der Waals surface area contributed by atoms with Crippen molar-refractivity contribution < 1.29 is 19.3 Å². The van der Waals surface area contributed by atoms with Crippen LogP contribution < -0.4 is 10.6 Å². The number of carbonyl (C=O) groups excluding carboxylic acids is 3. The van der Waals surface area contributed by atoms with Gasteiger partial charge >= 0.3 is 0 Å². The second kappa shape index (κ2) is 8.55. The number of nitrogens with one attached hydrogen (secondary N) is 2. The predicted octanol–water partition coefficient (Wildman–Crippen LogP) is 3.91. The summed E-state index contributed by atoms with van der Waals surface area (Å²) in [6.07, 6.45) is 0.351. The molecule has 0 spiro atoms. The molecule has 2 aliphatic heterocycles. The zero-order valence-corrected chi connectivity index (χ0v) is 19.6. The second-order valence-electron chi connectivity index (χ2n) is 9.86. The van der Waals surface area contributed by atoms with Crippen LogP contribution in [-0.2, 0) is 4.79 Å². The first kappa shape index (κ1) is 23.4. The van der Waals surface area contributed by atoms with Crippen LogP contribution in [0.3, 0.4) is 0 Å². The number of fused-ring (bicyclic) bond motifs is 2. The molecule has 2 heterocycles. The highest BCUT2D eigenvalue weighted by Crippen LogP contribution is 2.45. The van der Waals surface area contributed by atoms with Crippen LogP contribution in [0.4, 0.5) is 11.4 Å². The molecule has 3 amide bonds. The summed E-state index contributed by atoms with van der Waals surface area (Å²) in [6, 6.07) is 10.2. The topological polar surface area (TPSA) is 122 Å². The van der Waals surface area contributed by atoms with Crippen molar-refractivity contribution in [1.82, 2.24) is 10.2 Å². The average molecular weight is 465 g/mol. The van der Waals surface area contributed by atoms with Gasteiger partial charge in [0.25, 0.3) is 17.5 Å². The van der Waals surface area contributed by atoms with Crippen molar-refractivity contribution in [3.8, 4) is 0 Å². The number of carbonyl (C=O) groups is 3. The Morgan fingerprint density at radius 1 is 1.18 bits per heavy atom. The Bertz CT molecular complexity index is 1150. The molecule has 0 aromatic heterocycles. The normalized spacial score (nSPS) is 19.5. The van der Waals surface area contributed by atoms with Gasteiger partial charge in [0.2, 0.25) is 5.91 Å². The molecule has 2 N–H and O–H groups in total. The highest BCUT2D eigenvalue weighted by Gasteiger charge is 2.46. The Morgan fingerprint density at radius 3 is 2.35 bits per heavy atom. The Morgan fingerprint density at radius 2 is 1.79 bits per heavy atom. The van der Waals surface area contributed by atoms with Crippen molar-refractivity contribution >= 4 is 29.1 Å². The fraction of sp³-hybridized carbons (Fsp3) is 0.400. The Balaban J connectivity index is 1.72. The van der Waals surface area contributed by atoms with Gasteiger partial charge in [0.05, 0.1) is 22.1 Å². The molecule has 2 aromatic rings. The van der Waals surface area contributed by atoms with E-state index in [1.165, 1.54) is 17.0 Å². The Hall–Kier alpha value is -3.75. The molecule has 0 aliphatic carbocycles. The van der Waals surface area contributed by atoms with Crippen LogP contribution in [0.5, 0.6) is 0 Å². The lowest BCUT2D eigenvalue weighted by atomic mass is 9.76. The maximum absolute atomic E-state index is 13.3. The number of hydrogen-bond acceptors (Lipinski definition) is 6. The van der Waals surface area contributed by atoms with Crippen molar-refractivity contribution in [2.45, 2.75) is 46.2 Å². The van der Waals surface area contributed by atoms with Crippen molar-refractivity contribution in [3.05, 3.63) is 69.3 Å². The van der Waals surface area contributed by atoms with Gasteiger partial charge in [-0.3, -0.25) is 29.4 Å². The maximum atomic E-state index is 13.3. The molecule has 0 fully saturated rings. The number of non-ortho nitro benzene ring substituents is 1. The van der Waals surface area contributed by atoms with Crippen LogP contribution in [0.1, 0.15) is 66.4 Å². The molecule has 2 atom stereocenters. The zero-order valence-electron chi connectivity index (χ0n) is 19.6. The first-order chi connectivity index (χ1) is 16.0. The van der Waals surface area contributed by atoms with Crippen LogP contribution in [0.2, 0.25) is 0 Å². The molecule has 0 bridgehead atoms. The Kier molecular flexibility index (Phi) is 5.89. The lowest BCUT2D eigenvalue weighted by Crippen LogP contribution is -2.50. The smallest absolute Gasteiger partial charge is 0.269 e. The lowest BCUT2D eigenvalue weighted by molar-refractivity contribution is -0.384. The number of amides is 3. The van der Waals surface area contributed by atoms with Crippen molar-refractivity contribution in [2.24, 2.45) is 11.3 Å². The van der Waals surface area contributed by atoms with Crippen molar-refractivity contribution in [3.63, 3.8) is 0 Å². The standard InChI is InChI=1S/C25H28N4O5/c1-14(2)22(30)26-13-25(3,4)21-12-20(18-11-15(29(33)34)9-10-19(18)27-21)28-23(31)16-7-5-6-8-17(16)24(28)32/h5-11,14,20-21,27H,12-13H2,1-4H3,(H,26,30). The fourth-order valence-electron chi connectivity index (χ4n) is 4.56. The van der Waals surface area contributed by atoms with Crippen LogP contribution in [0.15, 0.2) is 42.5 Å². The summed E-state index contributed by atoms with van der Waals surface area (Å²) < 4.78 is 0. The van der Waals surface area contributed by atoms with Gasteiger partial charge in [-0.2, -0.15) is 0 Å². The molecule has 178 valence electrons. The number of nitrogens with zero attached hydrogens (tertiary/aromatic N) is 2. The molecule has 9 nitrogen and oxygen atoms in total. The van der Waals surface area contributed by atoms with Gasteiger partial charge in [-0.15, -0.1) is 0 Å². The summed E-state index contributed by atoms with van der Waals surface area (Å²) in [5.74, 6) is -1.02. The van der Waals surface area contributed by atoms with E-state index < -0.39 is 28.2 Å². The number of benzene rings is 2. The SMILES string of the molecule is CC(C)C(=O)NCC(C)(C)C1CC(N2C(=O)c3ccccc3C2=O)c2cc([N+](=O)[O-])ccc2N1. The van der Waals surface area contributed by atoms with Crippen LogP contribution >= 0.6 is 0 Å². The van der Waals surface area contributed by atoms with E-state index in [1.54, 1.807) is 30.3 Å². The molecule has 0 radical (unpaired) electrons. The van der Waals surface area contributed by atoms with Crippen molar-refractivity contribution in [1.29, 1.82) is 0 Å². The fourth-order valence-corrected chi connectivity index (χ4v) is 4.56. The number of rotatable bonds is 6. The number of nitro benzene ring substituents is 1. The van der Waals surface area contributed by atoms with Crippen molar-refractivity contribution in [2.75, 3.05) is 11.9 Å². The molecule has 2 aliphatic rings. The maximum Gasteiger partial charge on any atom is 0.269 e. The van der Waals surface area contributed by atoms with Gasteiger partial charge in [0.1, 0.15) is 0 Å². The first-order valence-corrected chi connectivity index (χ1v) is 11.3. The summed E-state index contributed by atoms with van der Waals surface area (Å²) in [7, 11) is 0. The summed E-state index contributed by atoms with van der Waals surface area (Å²) in [5.41, 5.74) is 1.27. The third kappa shape index (κ3) is 4.02. The summed E-state index contributed by atoms with van der Waals surface area (Å²) in [6.45, 7) is 8.03. The molecular weight excluding hydrogens is 436 g/mol. The molecule has 34 heavy (non-hydrogen) atoms. The number of nitro groups is 1. The molecule has 2 aromatic carbocycles. The van der Waals surface area contributed by atoms with E-state index in [2.05, 4.69) is 10.6 Å². The van der Waals surface area contributed by atoms with Gasteiger partial charge in [0, 0.05) is 47.3 Å². The first-order valence-electron chi connectivity index (χ1n) is 11.3. The summed E-state index contributed by atoms with van der Waals surface area (Å²) in [5, 5.41) is 17.9. The van der Waals surface area contributed by atoms with E-state index in [9.17, 15) is 24.5 Å². The quantitative estimate of drug-likeness (QED) is 0.380. The molecule has 0 saturated heterocycles. The van der Waals surface area contributed by atoms with E-state index in [0.717, 1.165) is 0 Å². The molecule has 0 saturated carbocycles. The van der Waals surface area contributed by atoms with Gasteiger partial charge in [0.15, 0.2) is 0 Å². The number of hydrogen-bond donors (Lipinski definition) is 2. The van der Waals surface area contributed by atoms with Crippen LogP contribution in [0.25, 0.3) is 0 Å². The van der Waals surface area contributed by atoms with Gasteiger partial charge in [-0.25, -0.2) is 0 Å². The third-order valence-electron chi connectivity index (χ3n) is 6.72. The molecule has 4 rings (SSSR count). The summed E-state index contributed by atoms with van der Waals surface area (Å²) in [4.78, 5) is 50.9. The van der Waals surface area contributed by atoms with Gasteiger partial charge in [-0.1, -0.05) is 39.8 Å². The Labute approximate surface area is 197 Å². The van der Waals surface area contributed by atoms with Gasteiger partial charge < -0.3 is 10.6 Å². The minimum Gasteiger partial charge on any atom is -0.381 e. The van der Waals surface area contributed by atoms with Crippen LogP contribution in [-0.4, -0.2) is 40.1 Å². The predicted molar refractivity (Wildman–Crippen MR) is 126 cm³/mol. The molecule has 2 unspecified atom stereocenters. The monoisotopic (exact) mass is 464 g/mol. The van der Waals surface area contributed by atoms with E-state index in [0.29, 0.717) is 35.3 Å². The van der Waals surface area contributed by atoms with E-state index in [1.807, 2.05) is 27.7 Å². The highest BCUT2D eigenvalue weighted by atomic mass is 16.6.